The maximum Gasteiger partial charge on any atom is 0.330 e. The van der Waals surface area contributed by atoms with E-state index in [2.05, 4.69) is 10.3 Å². The number of carbonyl (C=O) groups is 1. The molecule has 2 heterocycles. The number of fused-ring (bicyclic) bond motifs is 1. The van der Waals surface area contributed by atoms with Crippen molar-refractivity contribution in [1.29, 1.82) is 0 Å². The van der Waals surface area contributed by atoms with E-state index >= 15 is 0 Å². The van der Waals surface area contributed by atoms with E-state index in [9.17, 15) is 14.4 Å². The van der Waals surface area contributed by atoms with Crippen LogP contribution in [0, 0.1) is 0 Å². The predicted octanol–water partition coefficient (Wildman–Crippen LogP) is 1.78. The molecule has 0 unspecified atom stereocenters. The van der Waals surface area contributed by atoms with Crippen LogP contribution in [0.1, 0.15) is 51.6 Å². The molecule has 0 bridgehead atoms. The van der Waals surface area contributed by atoms with Crippen LogP contribution in [0.2, 0.25) is 0 Å². The molecule has 1 aromatic carbocycles. The minimum Gasteiger partial charge on any atom is -0.486 e. The molecule has 1 aromatic heterocycles. The number of anilines is 2. The third-order valence-electron chi connectivity index (χ3n) is 5.54. The maximum atomic E-state index is 12.9. The first-order chi connectivity index (χ1) is 15.8. The number of nitrogen functional groups attached to an aromatic ring is 1. The minimum atomic E-state index is -0.591. The van der Waals surface area contributed by atoms with E-state index in [1.54, 1.807) is 4.90 Å². The van der Waals surface area contributed by atoms with E-state index in [4.69, 9.17) is 15.2 Å². The summed E-state index contributed by atoms with van der Waals surface area (Å²) in [6, 6.07) is 5.28. The van der Waals surface area contributed by atoms with Gasteiger partial charge < -0.3 is 25.4 Å². The standard InChI is InChI=1S/C23H33N5O5/c1-4-6-10-28-21(24)20(22(30)26-23(28)31)27(9-5-2)14-19(29)25-15(3)16-7-8-17-18(13-16)33-12-11-32-17/h7-8,13,15H,4-6,9-12,14,24H2,1-3H3,(H,25,29)(H,26,30,31)/t15-/m0/s1. The lowest BCUT2D eigenvalue weighted by Gasteiger charge is -2.26. The van der Waals surface area contributed by atoms with Gasteiger partial charge in [-0.25, -0.2) is 4.79 Å². The number of carbonyl (C=O) groups excluding carboxylic acids is 1. The van der Waals surface area contributed by atoms with Gasteiger partial charge in [0.05, 0.1) is 12.6 Å². The molecular formula is C23H33N5O5. The number of benzene rings is 1. The number of aromatic amines is 1. The van der Waals surface area contributed by atoms with Crippen molar-refractivity contribution in [1.82, 2.24) is 14.9 Å². The molecule has 0 spiro atoms. The number of H-pyrrole nitrogens is 1. The fourth-order valence-corrected chi connectivity index (χ4v) is 3.83. The Labute approximate surface area is 192 Å². The van der Waals surface area contributed by atoms with E-state index in [1.165, 1.54) is 4.57 Å². The Balaban J connectivity index is 1.78. The number of hydrogen-bond donors (Lipinski definition) is 3. The van der Waals surface area contributed by atoms with Crippen molar-refractivity contribution < 1.29 is 14.3 Å². The highest BCUT2D eigenvalue weighted by molar-refractivity contribution is 5.83. The second-order valence-electron chi connectivity index (χ2n) is 8.11. The Morgan fingerprint density at radius 1 is 1.21 bits per heavy atom. The summed E-state index contributed by atoms with van der Waals surface area (Å²) in [6.45, 7) is 7.59. The van der Waals surface area contributed by atoms with Crippen LogP contribution in [0.25, 0.3) is 0 Å². The molecule has 0 radical (unpaired) electrons. The van der Waals surface area contributed by atoms with Crippen molar-refractivity contribution >= 4 is 17.4 Å². The van der Waals surface area contributed by atoms with Crippen LogP contribution in [0.15, 0.2) is 27.8 Å². The number of rotatable bonds is 10. The smallest absolute Gasteiger partial charge is 0.330 e. The van der Waals surface area contributed by atoms with Gasteiger partial charge in [0.15, 0.2) is 11.5 Å². The first kappa shape index (κ1) is 24.2. The largest absolute Gasteiger partial charge is 0.486 e. The molecule has 1 amide bonds. The molecule has 2 aromatic rings. The highest BCUT2D eigenvalue weighted by Crippen LogP contribution is 2.32. The van der Waals surface area contributed by atoms with Gasteiger partial charge in [0.2, 0.25) is 5.91 Å². The molecule has 0 saturated heterocycles. The number of amides is 1. The lowest BCUT2D eigenvalue weighted by atomic mass is 10.1. The van der Waals surface area contributed by atoms with Crippen molar-refractivity contribution in [3.63, 3.8) is 0 Å². The Kier molecular flexibility index (Phi) is 8.02. The van der Waals surface area contributed by atoms with Crippen LogP contribution in [0.3, 0.4) is 0 Å². The molecule has 10 nitrogen and oxygen atoms in total. The molecular weight excluding hydrogens is 426 g/mol. The molecule has 180 valence electrons. The van der Waals surface area contributed by atoms with E-state index in [0.29, 0.717) is 44.2 Å². The number of nitrogens with zero attached hydrogens (tertiary/aromatic N) is 2. The van der Waals surface area contributed by atoms with Gasteiger partial charge in [-0.1, -0.05) is 26.3 Å². The van der Waals surface area contributed by atoms with Crippen molar-refractivity contribution in [2.45, 2.75) is 52.6 Å². The Bertz CT molecular complexity index is 1090. The van der Waals surface area contributed by atoms with Crippen molar-refractivity contribution in [3.05, 3.63) is 44.6 Å². The SMILES string of the molecule is CCCCn1c(N)c(N(CCC)CC(=O)N[C@@H](C)c2ccc3c(c2)OCCO3)c(=O)[nH]c1=O. The van der Waals surface area contributed by atoms with Crippen LogP contribution in [-0.2, 0) is 11.3 Å². The lowest BCUT2D eigenvalue weighted by Crippen LogP contribution is -2.43. The highest BCUT2D eigenvalue weighted by Gasteiger charge is 2.22. The van der Waals surface area contributed by atoms with Crippen LogP contribution >= 0.6 is 0 Å². The summed E-state index contributed by atoms with van der Waals surface area (Å²) in [4.78, 5) is 41.7. The summed E-state index contributed by atoms with van der Waals surface area (Å²) >= 11 is 0. The third-order valence-corrected chi connectivity index (χ3v) is 5.54. The lowest BCUT2D eigenvalue weighted by molar-refractivity contribution is -0.120. The Morgan fingerprint density at radius 3 is 2.64 bits per heavy atom. The second-order valence-corrected chi connectivity index (χ2v) is 8.11. The van der Waals surface area contributed by atoms with Crippen molar-refractivity contribution in [3.8, 4) is 11.5 Å². The zero-order valence-corrected chi connectivity index (χ0v) is 19.5. The van der Waals surface area contributed by atoms with Gasteiger partial charge in [-0.15, -0.1) is 0 Å². The molecule has 10 heteroatoms. The Morgan fingerprint density at radius 2 is 1.94 bits per heavy atom. The summed E-state index contributed by atoms with van der Waals surface area (Å²) < 4.78 is 12.5. The summed E-state index contributed by atoms with van der Waals surface area (Å²) in [5, 5.41) is 2.96. The van der Waals surface area contributed by atoms with E-state index in [-0.39, 0.29) is 30.0 Å². The maximum absolute atomic E-state index is 12.9. The van der Waals surface area contributed by atoms with Gasteiger partial charge in [0.1, 0.15) is 24.7 Å². The molecule has 1 aliphatic heterocycles. The summed E-state index contributed by atoms with van der Waals surface area (Å²) in [6.07, 6.45) is 2.31. The summed E-state index contributed by atoms with van der Waals surface area (Å²) in [5.74, 6) is 1.15. The summed E-state index contributed by atoms with van der Waals surface area (Å²) in [7, 11) is 0. The topological polar surface area (TPSA) is 132 Å². The fourth-order valence-electron chi connectivity index (χ4n) is 3.83. The predicted molar refractivity (Wildman–Crippen MR) is 127 cm³/mol. The highest BCUT2D eigenvalue weighted by atomic mass is 16.6. The number of hydrogen-bond acceptors (Lipinski definition) is 7. The molecule has 0 aliphatic carbocycles. The average Bonchev–Trinajstić information content (AvgIpc) is 2.78. The first-order valence-electron chi connectivity index (χ1n) is 11.4. The molecule has 0 saturated carbocycles. The van der Waals surface area contributed by atoms with Crippen LogP contribution in [-0.4, -0.2) is 41.8 Å². The molecule has 0 fully saturated rings. The van der Waals surface area contributed by atoms with Gasteiger partial charge >= 0.3 is 5.69 Å². The van der Waals surface area contributed by atoms with Crippen molar-refractivity contribution in [2.24, 2.45) is 0 Å². The Hall–Kier alpha value is -3.43. The zero-order chi connectivity index (χ0) is 24.0. The van der Waals surface area contributed by atoms with Gasteiger partial charge in [0, 0.05) is 13.1 Å². The van der Waals surface area contributed by atoms with Crippen molar-refractivity contribution in [2.75, 3.05) is 36.9 Å². The van der Waals surface area contributed by atoms with E-state index in [0.717, 1.165) is 18.4 Å². The van der Waals surface area contributed by atoms with Gasteiger partial charge in [-0.3, -0.25) is 19.1 Å². The molecule has 1 aliphatic rings. The van der Waals surface area contributed by atoms with Crippen LogP contribution in [0.4, 0.5) is 11.5 Å². The number of unbranched alkanes of at least 4 members (excludes halogenated alkanes) is 1. The van der Waals surface area contributed by atoms with Gasteiger partial charge in [-0.2, -0.15) is 0 Å². The van der Waals surface area contributed by atoms with Crippen LogP contribution < -0.4 is 36.7 Å². The average molecular weight is 460 g/mol. The second kappa shape index (κ2) is 10.9. The zero-order valence-electron chi connectivity index (χ0n) is 19.5. The third kappa shape index (κ3) is 5.68. The monoisotopic (exact) mass is 459 g/mol. The fraction of sp³-hybridized carbons (Fsp3) is 0.522. The first-order valence-corrected chi connectivity index (χ1v) is 11.4. The van der Waals surface area contributed by atoms with Gasteiger partial charge in [0.25, 0.3) is 5.56 Å². The number of nitrogens with one attached hydrogen (secondary N) is 2. The van der Waals surface area contributed by atoms with Crippen LogP contribution in [0.5, 0.6) is 11.5 Å². The number of nitrogens with two attached hydrogens (primary N) is 1. The number of ether oxygens (including phenoxy) is 2. The summed E-state index contributed by atoms with van der Waals surface area (Å²) in [5.41, 5.74) is 6.13. The van der Waals surface area contributed by atoms with E-state index < -0.39 is 11.2 Å². The molecule has 33 heavy (non-hydrogen) atoms. The minimum absolute atomic E-state index is 0.0675. The molecule has 3 rings (SSSR count). The number of aromatic nitrogens is 2. The normalized spacial score (nSPS) is 13.4. The van der Waals surface area contributed by atoms with Gasteiger partial charge in [-0.05, 0) is 37.5 Å². The quantitative estimate of drug-likeness (QED) is 0.493. The molecule has 1 atom stereocenters. The van der Waals surface area contributed by atoms with E-state index in [1.807, 2.05) is 39.0 Å². The molecule has 4 N–H and O–H groups in total.